The van der Waals surface area contributed by atoms with E-state index in [-0.39, 0.29) is 5.92 Å². The van der Waals surface area contributed by atoms with E-state index in [1.807, 2.05) is 0 Å². The van der Waals surface area contributed by atoms with E-state index in [2.05, 4.69) is 0 Å². The number of carbonyl (C=O) groups is 2. The van der Waals surface area contributed by atoms with Crippen LogP contribution >= 0.6 is 0 Å². The summed E-state index contributed by atoms with van der Waals surface area (Å²) in [5, 5.41) is 8.18. The summed E-state index contributed by atoms with van der Waals surface area (Å²) in [5.74, 6) is -1.51. The Morgan fingerprint density at radius 2 is 1.89 bits per heavy atom. The molecule has 0 unspecified atom stereocenters. The number of hydrogen-bond acceptors (Lipinski definition) is 3. The molecule has 0 aliphatic carbocycles. The van der Waals surface area contributed by atoms with Crippen LogP contribution in [0.25, 0.3) is 0 Å². The second-order valence-corrected chi connectivity index (χ2v) is 2.10. The molecular weight excluding hydrogens is 120 g/mol. The molecule has 0 amide bonds. The Morgan fingerprint density at radius 3 is 2.00 bits per heavy atom. The van der Waals surface area contributed by atoms with Crippen LogP contribution in [0.3, 0.4) is 0 Å². The minimum Gasteiger partial charge on any atom is -0.388 e. The molecule has 1 N–H and O–H groups in total. The van der Waals surface area contributed by atoms with Gasteiger partial charge in [0.25, 0.3) is 0 Å². The molecule has 0 aliphatic heterocycles. The summed E-state index contributed by atoms with van der Waals surface area (Å²) < 4.78 is 0. The largest absolute Gasteiger partial charge is 0.388 e. The first-order valence-corrected chi connectivity index (χ1v) is 2.77. The van der Waals surface area contributed by atoms with Gasteiger partial charge in [0.15, 0.2) is 0 Å². The van der Waals surface area contributed by atoms with Gasteiger partial charge in [-0.25, -0.2) is 0 Å². The highest BCUT2D eigenvalue weighted by molar-refractivity contribution is 6.38. The summed E-state index contributed by atoms with van der Waals surface area (Å²) in [7, 11) is 0. The number of aliphatic hydroxyl groups is 1. The van der Waals surface area contributed by atoms with Crippen molar-refractivity contribution >= 4 is 11.6 Å². The lowest BCUT2D eigenvalue weighted by atomic mass is 10.1. The van der Waals surface area contributed by atoms with E-state index < -0.39 is 18.2 Å². The van der Waals surface area contributed by atoms with E-state index >= 15 is 0 Å². The third-order valence-electron chi connectivity index (χ3n) is 0.943. The minimum absolute atomic E-state index is 0.301. The molecule has 0 aromatic carbocycles. The van der Waals surface area contributed by atoms with Crippen molar-refractivity contribution in [2.75, 3.05) is 6.61 Å². The maximum atomic E-state index is 10.6. The molecule has 0 rings (SSSR count). The summed E-state index contributed by atoms with van der Waals surface area (Å²) in [6.07, 6.45) is 0. The lowest BCUT2D eigenvalue weighted by Gasteiger charge is -1.97. The van der Waals surface area contributed by atoms with Crippen molar-refractivity contribution < 1.29 is 14.7 Å². The smallest absolute Gasteiger partial charge is 0.223 e. The van der Waals surface area contributed by atoms with Crippen LogP contribution in [0.2, 0.25) is 0 Å². The Bertz CT molecular complexity index is 126. The van der Waals surface area contributed by atoms with Gasteiger partial charge in [-0.1, -0.05) is 13.8 Å². The molecule has 0 radical (unpaired) electrons. The monoisotopic (exact) mass is 130 g/mol. The van der Waals surface area contributed by atoms with Crippen molar-refractivity contribution in [1.29, 1.82) is 0 Å². The van der Waals surface area contributed by atoms with E-state index in [0.29, 0.717) is 0 Å². The summed E-state index contributed by atoms with van der Waals surface area (Å²) in [5.41, 5.74) is 0. The van der Waals surface area contributed by atoms with E-state index in [1.54, 1.807) is 13.8 Å². The minimum atomic E-state index is -0.704. The highest BCUT2D eigenvalue weighted by Crippen LogP contribution is 1.93. The maximum absolute atomic E-state index is 10.6. The van der Waals surface area contributed by atoms with Crippen molar-refractivity contribution in [3.05, 3.63) is 0 Å². The number of ketones is 2. The average molecular weight is 130 g/mol. The molecule has 0 heterocycles. The predicted molar refractivity (Wildman–Crippen MR) is 31.9 cm³/mol. The summed E-state index contributed by atoms with van der Waals surface area (Å²) >= 11 is 0. The lowest BCUT2D eigenvalue weighted by Crippen LogP contribution is -2.22. The van der Waals surface area contributed by atoms with Crippen molar-refractivity contribution in [2.24, 2.45) is 5.92 Å². The zero-order valence-corrected chi connectivity index (χ0v) is 5.55. The average Bonchev–Trinajstić information content (AvgIpc) is 1.84. The van der Waals surface area contributed by atoms with Crippen LogP contribution in [0.4, 0.5) is 0 Å². The first kappa shape index (κ1) is 8.30. The van der Waals surface area contributed by atoms with E-state index in [9.17, 15) is 9.59 Å². The lowest BCUT2D eigenvalue weighted by molar-refractivity contribution is -0.139. The van der Waals surface area contributed by atoms with Crippen LogP contribution in [0.15, 0.2) is 0 Å². The van der Waals surface area contributed by atoms with E-state index in [4.69, 9.17) is 5.11 Å². The Kier molecular flexibility index (Phi) is 3.09. The molecule has 3 nitrogen and oxygen atoms in total. The van der Waals surface area contributed by atoms with Gasteiger partial charge in [-0.2, -0.15) is 0 Å². The zero-order chi connectivity index (χ0) is 7.44. The molecule has 3 heteroatoms. The molecule has 0 aliphatic rings. The number of rotatable bonds is 3. The highest BCUT2D eigenvalue weighted by atomic mass is 16.3. The Labute approximate surface area is 53.7 Å². The van der Waals surface area contributed by atoms with E-state index in [0.717, 1.165) is 0 Å². The number of Topliss-reactive ketones (excluding diaryl/α,β-unsaturated/α-hetero) is 2. The summed E-state index contributed by atoms with van der Waals surface area (Å²) in [6.45, 7) is 2.57. The molecule has 0 saturated carbocycles. The second-order valence-electron chi connectivity index (χ2n) is 2.10. The highest BCUT2D eigenvalue weighted by Gasteiger charge is 2.15. The number of aliphatic hydroxyl groups excluding tert-OH is 1. The summed E-state index contributed by atoms with van der Waals surface area (Å²) in [4.78, 5) is 20.9. The van der Waals surface area contributed by atoms with Gasteiger partial charge in [0.05, 0.1) is 0 Å². The fourth-order valence-corrected chi connectivity index (χ4v) is 0.400. The van der Waals surface area contributed by atoms with Crippen LogP contribution in [0.5, 0.6) is 0 Å². The Balaban J connectivity index is 3.89. The molecule has 0 atom stereocenters. The normalized spacial score (nSPS) is 9.78. The quantitative estimate of drug-likeness (QED) is 0.537. The third kappa shape index (κ3) is 2.37. The van der Waals surface area contributed by atoms with Gasteiger partial charge in [0.2, 0.25) is 11.6 Å². The van der Waals surface area contributed by atoms with Gasteiger partial charge >= 0.3 is 0 Å². The van der Waals surface area contributed by atoms with E-state index in [1.165, 1.54) is 0 Å². The van der Waals surface area contributed by atoms with Crippen molar-refractivity contribution in [2.45, 2.75) is 13.8 Å². The Morgan fingerprint density at radius 1 is 1.44 bits per heavy atom. The zero-order valence-electron chi connectivity index (χ0n) is 5.55. The van der Waals surface area contributed by atoms with Crippen LogP contribution in [-0.4, -0.2) is 23.3 Å². The second kappa shape index (κ2) is 3.35. The molecular formula is C6H10O3. The molecule has 9 heavy (non-hydrogen) atoms. The number of carbonyl (C=O) groups excluding carboxylic acids is 2. The van der Waals surface area contributed by atoms with Gasteiger partial charge in [0, 0.05) is 5.92 Å². The molecule has 0 saturated heterocycles. The standard InChI is InChI=1S/C6H10O3/c1-4(2)6(9)5(8)3-7/h4,7H,3H2,1-2H3. The first-order chi connectivity index (χ1) is 4.09. The van der Waals surface area contributed by atoms with Gasteiger partial charge < -0.3 is 5.11 Å². The van der Waals surface area contributed by atoms with Crippen molar-refractivity contribution in [1.82, 2.24) is 0 Å². The predicted octanol–water partition coefficient (Wildman–Crippen LogP) is -0.227. The molecule has 52 valence electrons. The van der Waals surface area contributed by atoms with Crippen molar-refractivity contribution in [3.8, 4) is 0 Å². The summed E-state index contributed by atoms with van der Waals surface area (Å²) in [6, 6.07) is 0. The fourth-order valence-electron chi connectivity index (χ4n) is 0.400. The first-order valence-electron chi connectivity index (χ1n) is 2.77. The van der Waals surface area contributed by atoms with Crippen LogP contribution < -0.4 is 0 Å². The van der Waals surface area contributed by atoms with Gasteiger partial charge in [-0.05, 0) is 0 Å². The molecule has 0 aromatic rings. The maximum Gasteiger partial charge on any atom is 0.223 e. The molecule has 0 spiro atoms. The number of hydrogen-bond donors (Lipinski definition) is 1. The molecule has 0 bridgehead atoms. The van der Waals surface area contributed by atoms with Crippen LogP contribution in [0, 0.1) is 5.92 Å². The van der Waals surface area contributed by atoms with Gasteiger partial charge in [-0.3, -0.25) is 9.59 Å². The van der Waals surface area contributed by atoms with Crippen LogP contribution in [0.1, 0.15) is 13.8 Å². The topological polar surface area (TPSA) is 54.4 Å². The molecule has 0 aromatic heterocycles. The fraction of sp³-hybridized carbons (Fsp3) is 0.667. The van der Waals surface area contributed by atoms with Crippen molar-refractivity contribution in [3.63, 3.8) is 0 Å². The van der Waals surface area contributed by atoms with Gasteiger partial charge in [-0.15, -0.1) is 0 Å². The molecule has 0 fully saturated rings. The van der Waals surface area contributed by atoms with Gasteiger partial charge in [0.1, 0.15) is 6.61 Å². The Hall–Kier alpha value is -0.700. The third-order valence-corrected chi connectivity index (χ3v) is 0.943. The SMILES string of the molecule is CC(C)C(=O)C(=O)CO. The van der Waals surface area contributed by atoms with Crippen LogP contribution in [-0.2, 0) is 9.59 Å².